The van der Waals surface area contributed by atoms with Gasteiger partial charge in [-0.05, 0) is 25.9 Å². The molecule has 2 aliphatic rings. The second kappa shape index (κ2) is 8.73. The average molecular weight is 390 g/mol. The normalized spacial score (nSPS) is 19.5. The molecule has 0 unspecified atom stereocenters. The van der Waals surface area contributed by atoms with Crippen LogP contribution in [-0.4, -0.2) is 59.7 Å². The SMILES string of the molecule is CCN(CC)S(=O)(=O)N1CCc2nc(C3CCNCC3)ncc2C1.Cl. The number of hydrogen-bond acceptors (Lipinski definition) is 5. The van der Waals surface area contributed by atoms with E-state index in [1.54, 1.807) is 4.31 Å². The maximum atomic E-state index is 12.7. The third kappa shape index (κ3) is 4.31. The van der Waals surface area contributed by atoms with E-state index >= 15 is 0 Å². The third-order valence-electron chi connectivity index (χ3n) is 4.98. The summed E-state index contributed by atoms with van der Waals surface area (Å²) >= 11 is 0. The molecule has 0 spiro atoms. The number of nitrogens with zero attached hydrogens (tertiary/aromatic N) is 4. The summed E-state index contributed by atoms with van der Waals surface area (Å²) in [6.45, 7) is 7.62. The van der Waals surface area contributed by atoms with Gasteiger partial charge in [-0.2, -0.15) is 17.0 Å². The second-order valence-electron chi connectivity index (χ2n) is 6.40. The number of halogens is 1. The predicted octanol–water partition coefficient (Wildman–Crippen LogP) is 1.31. The van der Waals surface area contributed by atoms with Crippen molar-refractivity contribution in [2.45, 2.75) is 45.6 Å². The van der Waals surface area contributed by atoms with E-state index < -0.39 is 10.2 Å². The summed E-state index contributed by atoms with van der Waals surface area (Å²) < 4.78 is 28.4. The highest BCUT2D eigenvalue weighted by Crippen LogP contribution is 2.26. The molecule has 3 heterocycles. The van der Waals surface area contributed by atoms with E-state index in [9.17, 15) is 8.42 Å². The Hall–Kier alpha value is -0.800. The minimum atomic E-state index is -3.39. The molecule has 3 rings (SSSR count). The monoisotopic (exact) mass is 389 g/mol. The minimum absolute atomic E-state index is 0. The Morgan fingerprint density at radius 2 is 1.96 bits per heavy atom. The molecule has 0 bridgehead atoms. The first-order valence-corrected chi connectivity index (χ1v) is 10.3. The van der Waals surface area contributed by atoms with Crippen LogP contribution in [0.1, 0.15) is 49.7 Å². The van der Waals surface area contributed by atoms with Gasteiger partial charge in [-0.25, -0.2) is 9.97 Å². The molecule has 25 heavy (non-hydrogen) atoms. The second-order valence-corrected chi connectivity index (χ2v) is 8.33. The minimum Gasteiger partial charge on any atom is -0.317 e. The highest BCUT2D eigenvalue weighted by atomic mass is 35.5. The molecule has 1 aromatic rings. The molecule has 142 valence electrons. The fourth-order valence-electron chi connectivity index (χ4n) is 3.49. The van der Waals surface area contributed by atoms with Crippen molar-refractivity contribution in [2.24, 2.45) is 0 Å². The maximum Gasteiger partial charge on any atom is 0.282 e. The van der Waals surface area contributed by atoms with Gasteiger partial charge in [0.1, 0.15) is 5.82 Å². The summed E-state index contributed by atoms with van der Waals surface area (Å²) in [6, 6.07) is 0. The van der Waals surface area contributed by atoms with E-state index in [1.165, 1.54) is 4.31 Å². The largest absolute Gasteiger partial charge is 0.317 e. The van der Waals surface area contributed by atoms with Gasteiger partial charge >= 0.3 is 0 Å². The number of hydrogen-bond donors (Lipinski definition) is 1. The van der Waals surface area contributed by atoms with Crippen molar-refractivity contribution < 1.29 is 8.42 Å². The van der Waals surface area contributed by atoms with E-state index in [-0.39, 0.29) is 12.4 Å². The van der Waals surface area contributed by atoms with Crippen LogP contribution in [0, 0.1) is 0 Å². The highest BCUT2D eigenvalue weighted by Gasteiger charge is 2.31. The van der Waals surface area contributed by atoms with Gasteiger partial charge in [-0.15, -0.1) is 12.4 Å². The molecule has 0 radical (unpaired) electrons. The summed E-state index contributed by atoms with van der Waals surface area (Å²) in [5.41, 5.74) is 1.96. The van der Waals surface area contributed by atoms with Crippen LogP contribution < -0.4 is 5.32 Å². The average Bonchev–Trinajstić information content (AvgIpc) is 2.62. The molecular weight excluding hydrogens is 362 g/mol. The lowest BCUT2D eigenvalue weighted by atomic mass is 9.96. The van der Waals surface area contributed by atoms with Gasteiger partial charge in [0, 0.05) is 56.0 Å². The number of rotatable bonds is 5. The lowest BCUT2D eigenvalue weighted by molar-refractivity contribution is 0.332. The van der Waals surface area contributed by atoms with Crippen LogP contribution in [0.2, 0.25) is 0 Å². The van der Waals surface area contributed by atoms with Crippen LogP contribution in [0.25, 0.3) is 0 Å². The van der Waals surface area contributed by atoms with Gasteiger partial charge in [0.2, 0.25) is 0 Å². The zero-order chi connectivity index (χ0) is 17.2. The number of piperidine rings is 1. The van der Waals surface area contributed by atoms with Crippen LogP contribution in [0.15, 0.2) is 6.20 Å². The first kappa shape index (κ1) is 20.5. The Morgan fingerprint density at radius 3 is 2.60 bits per heavy atom. The molecule has 0 aliphatic carbocycles. The molecule has 0 saturated carbocycles. The maximum absolute atomic E-state index is 12.7. The number of nitrogens with one attached hydrogen (secondary N) is 1. The molecule has 1 aromatic heterocycles. The van der Waals surface area contributed by atoms with Crippen LogP contribution in [0.5, 0.6) is 0 Å². The molecule has 1 fully saturated rings. The molecule has 0 aromatic carbocycles. The summed E-state index contributed by atoms with van der Waals surface area (Å²) in [6.07, 6.45) is 4.64. The fraction of sp³-hybridized carbons (Fsp3) is 0.750. The fourth-order valence-corrected chi connectivity index (χ4v) is 5.10. The molecule has 9 heteroatoms. The van der Waals surface area contributed by atoms with Crippen molar-refractivity contribution in [3.05, 3.63) is 23.3 Å². The van der Waals surface area contributed by atoms with Gasteiger partial charge in [0.15, 0.2) is 0 Å². The van der Waals surface area contributed by atoms with Crippen molar-refractivity contribution in [1.82, 2.24) is 23.9 Å². The Balaban J connectivity index is 0.00000225. The predicted molar refractivity (Wildman–Crippen MR) is 100 cm³/mol. The topological polar surface area (TPSA) is 78.4 Å². The molecule has 0 atom stereocenters. The van der Waals surface area contributed by atoms with Crippen molar-refractivity contribution >= 4 is 22.6 Å². The van der Waals surface area contributed by atoms with E-state index in [2.05, 4.69) is 10.3 Å². The van der Waals surface area contributed by atoms with Gasteiger partial charge in [0.25, 0.3) is 10.2 Å². The van der Waals surface area contributed by atoms with Crippen molar-refractivity contribution in [2.75, 3.05) is 32.7 Å². The Kier molecular flexibility index (Phi) is 7.16. The standard InChI is InChI=1S/C16H27N5O2S.ClH/c1-3-20(4-2)24(22,23)21-10-7-15-14(12-21)11-18-16(19-15)13-5-8-17-9-6-13;/h11,13,17H,3-10,12H2,1-2H3;1H. The van der Waals surface area contributed by atoms with Gasteiger partial charge in [0.05, 0.1) is 0 Å². The van der Waals surface area contributed by atoms with Crippen molar-refractivity contribution in [1.29, 1.82) is 0 Å². The molecule has 7 nitrogen and oxygen atoms in total. The van der Waals surface area contributed by atoms with Crippen LogP contribution in [0.4, 0.5) is 0 Å². The van der Waals surface area contributed by atoms with E-state index in [4.69, 9.17) is 4.98 Å². The van der Waals surface area contributed by atoms with Crippen molar-refractivity contribution in [3.8, 4) is 0 Å². The molecule has 1 saturated heterocycles. The molecule has 1 N–H and O–H groups in total. The summed E-state index contributed by atoms with van der Waals surface area (Å²) in [5.74, 6) is 1.35. The number of fused-ring (bicyclic) bond motifs is 1. The zero-order valence-electron chi connectivity index (χ0n) is 14.9. The van der Waals surface area contributed by atoms with Gasteiger partial charge in [-0.1, -0.05) is 13.8 Å². The highest BCUT2D eigenvalue weighted by molar-refractivity contribution is 7.86. The van der Waals surface area contributed by atoms with Crippen LogP contribution >= 0.6 is 12.4 Å². The lowest BCUT2D eigenvalue weighted by Crippen LogP contribution is -2.46. The quantitative estimate of drug-likeness (QED) is 0.821. The smallest absolute Gasteiger partial charge is 0.282 e. The van der Waals surface area contributed by atoms with Crippen molar-refractivity contribution in [3.63, 3.8) is 0 Å². The Bertz CT molecular complexity index is 675. The lowest BCUT2D eigenvalue weighted by Gasteiger charge is -2.32. The summed E-state index contributed by atoms with van der Waals surface area (Å²) in [5, 5.41) is 3.36. The Morgan fingerprint density at radius 1 is 1.28 bits per heavy atom. The Labute approximate surface area is 156 Å². The van der Waals surface area contributed by atoms with Gasteiger partial charge < -0.3 is 5.32 Å². The molecule has 0 amide bonds. The number of aromatic nitrogens is 2. The molecular formula is C16H28ClN5O2S. The first-order valence-electron chi connectivity index (χ1n) is 8.86. The first-order chi connectivity index (χ1) is 11.6. The van der Waals surface area contributed by atoms with E-state index in [1.807, 2.05) is 20.0 Å². The third-order valence-corrected chi connectivity index (χ3v) is 7.11. The summed E-state index contributed by atoms with van der Waals surface area (Å²) in [4.78, 5) is 9.31. The van der Waals surface area contributed by atoms with E-state index in [0.29, 0.717) is 38.5 Å². The summed E-state index contributed by atoms with van der Waals surface area (Å²) in [7, 11) is -3.39. The molecule has 2 aliphatic heterocycles. The zero-order valence-corrected chi connectivity index (χ0v) is 16.6. The van der Waals surface area contributed by atoms with Crippen LogP contribution in [0.3, 0.4) is 0 Å². The van der Waals surface area contributed by atoms with E-state index in [0.717, 1.165) is 43.0 Å². The van der Waals surface area contributed by atoms with Crippen LogP contribution in [-0.2, 0) is 23.2 Å². The van der Waals surface area contributed by atoms with Gasteiger partial charge in [-0.3, -0.25) is 0 Å².